The summed E-state index contributed by atoms with van der Waals surface area (Å²) in [6.45, 7) is 22.3. The molecule has 1 N–H and O–H groups in total. The quantitative estimate of drug-likeness (QED) is 0.378. The van der Waals surface area contributed by atoms with Crippen LogP contribution in [0, 0.1) is 0 Å². The number of hydrogen-bond donors (Lipinski definition) is 1. The molecule has 0 aliphatic rings. The van der Waals surface area contributed by atoms with E-state index < -0.39 is 0 Å². The minimum atomic E-state index is -0.129. The predicted octanol–water partition coefficient (Wildman–Crippen LogP) is 6.23. The molecule has 0 saturated carbocycles. The maximum Gasteiger partial charge on any atom is 0.287 e. The zero-order valence-electron chi connectivity index (χ0n) is 22.8. The number of benzene rings is 1. The summed E-state index contributed by atoms with van der Waals surface area (Å²) in [5.41, 5.74) is 2.78. The first-order valence-electron chi connectivity index (χ1n) is 13.0. The van der Waals surface area contributed by atoms with E-state index in [0.29, 0.717) is 18.3 Å². The van der Waals surface area contributed by atoms with Gasteiger partial charge >= 0.3 is 0 Å². The van der Waals surface area contributed by atoms with Gasteiger partial charge in [-0.25, -0.2) is 0 Å². The lowest BCUT2D eigenvalue weighted by molar-refractivity contribution is 0.0904. The van der Waals surface area contributed by atoms with E-state index in [2.05, 4.69) is 94.8 Å². The Morgan fingerprint density at radius 1 is 0.971 bits per heavy atom. The van der Waals surface area contributed by atoms with Crippen molar-refractivity contribution in [1.82, 2.24) is 15.1 Å². The number of hydrogen-bond acceptors (Lipinski definition) is 4. The highest BCUT2D eigenvalue weighted by molar-refractivity contribution is 5.91. The van der Waals surface area contributed by atoms with Crippen LogP contribution in [0.5, 0.6) is 0 Å². The average molecular weight is 470 g/mol. The Bertz CT molecular complexity index is 860. The summed E-state index contributed by atoms with van der Waals surface area (Å²) in [6, 6.07) is 13.1. The second-order valence-corrected chi connectivity index (χ2v) is 10.8. The highest BCUT2D eigenvalue weighted by Crippen LogP contribution is 2.23. The Labute approximate surface area is 207 Å². The van der Waals surface area contributed by atoms with Gasteiger partial charge in [0.25, 0.3) is 5.91 Å². The fourth-order valence-electron chi connectivity index (χ4n) is 4.08. The van der Waals surface area contributed by atoms with Crippen molar-refractivity contribution in [2.24, 2.45) is 0 Å². The second kappa shape index (κ2) is 13.1. The molecule has 34 heavy (non-hydrogen) atoms. The van der Waals surface area contributed by atoms with Crippen LogP contribution >= 0.6 is 0 Å². The van der Waals surface area contributed by atoms with E-state index in [1.807, 2.05) is 6.07 Å². The van der Waals surface area contributed by atoms with Crippen molar-refractivity contribution in [2.75, 3.05) is 19.6 Å². The number of furan rings is 1. The molecule has 2 rings (SSSR count). The second-order valence-electron chi connectivity index (χ2n) is 10.8. The first kappa shape index (κ1) is 28.1. The highest BCUT2D eigenvalue weighted by atomic mass is 16.4. The largest absolute Gasteiger partial charge is 0.455 e. The van der Waals surface area contributed by atoms with E-state index in [1.54, 1.807) is 6.07 Å². The third-order valence-electron chi connectivity index (χ3n) is 6.56. The van der Waals surface area contributed by atoms with Gasteiger partial charge in [-0.3, -0.25) is 9.69 Å². The Kier molecular flexibility index (Phi) is 10.8. The van der Waals surface area contributed by atoms with E-state index in [9.17, 15) is 4.79 Å². The van der Waals surface area contributed by atoms with Crippen molar-refractivity contribution in [3.8, 4) is 0 Å². The fraction of sp³-hybridized carbons (Fsp3) is 0.621. The molecule has 0 aliphatic heterocycles. The van der Waals surface area contributed by atoms with Gasteiger partial charge in [0.05, 0.1) is 6.54 Å². The molecule has 0 aliphatic carbocycles. The summed E-state index contributed by atoms with van der Waals surface area (Å²) in [5.74, 6) is 1.08. The first-order chi connectivity index (χ1) is 16.0. The van der Waals surface area contributed by atoms with E-state index in [1.165, 1.54) is 11.1 Å². The first-order valence-corrected chi connectivity index (χ1v) is 13.0. The van der Waals surface area contributed by atoms with Crippen molar-refractivity contribution in [2.45, 2.75) is 98.8 Å². The van der Waals surface area contributed by atoms with Crippen LogP contribution in [0.2, 0.25) is 0 Å². The molecule has 1 atom stereocenters. The topological polar surface area (TPSA) is 48.7 Å². The summed E-state index contributed by atoms with van der Waals surface area (Å²) in [7, 11) is 0. The predicted molar refractivity (Wildman–Crippen MR) is 142 cm³/mol. The van der Waals surface area contributed by atoms with Gasteiger partial charge in [0.1, 0.15) is 5.76 Å². The summed E-state index contributed by atoms with van der Waals surface area (Å²) in [5, 5.41) is 3.09. The Morgan fingerprint density at radius 2 is 1.62 bits per heavy atom. The molecule has 0 fully saturated rings. The molecule has 2 aromatic rings. The number of carbonyl (C=O) groups is 1. The fourth-order valence-corrected chi connectivity index (χ4v) is 4.08. The molecular weight excluding hydrogens is 422 g/mol. The molecule has 0 bridgehead atoms. The summed E-state index contributed by atoms with van der Waals surface area (Å²) < 4.78 is 5.94. The van der Waals surface area contributed by atoms with Crippen LogP contribution in [0.15, 0.2) is 40.8 Å². The molecule has 1 aromatic heterocycles. The normalized spacial score (nSPS) is 13.1. The number of rotatable bonds is 13. The Hall–Kier alpha value is -2.11. The molecule has 5 nitrogen and oxygen atoms in total. The molecule has 1 heterocycles. The van der Waals surface area contributed by atoms with Gasteiger partial charge in [0, 0.05) is 18.6 Å². The summed E-state index contributed by atoms with van der Waals surface area (Å²) in [4.78, 5) is 17.4. The molecule has 1 unspecified atom stereocenters. The van der Waals surface area contributed by atoms with Crippen molar-refractivity contribution in [1.29, 1.82) is 0 Å². The van der Waals surface area contributed by atoms with E-state index >= 15 is 0 Å². The number of amides is 1. The monoisotopic (exact) mass is 469 g/mol. The smallest absolute Gasteiger partial charge is 0.287 e. The summed E-state index contributed by atoms with van der Waals surface area (Å²) in [6.07, 6.45) is 2.04. The minimum Gasteiger partial charge on any atom is -0.455 e. The molecule has 0 saturated heterocycles. The van der Waals surface area contributed by atoms with Crippen LogP contribution in [0.25, 0.3) is 0 Å². The SMILES string of the molecule is CCN(CC)CCCC(C)NC(=O)c1ccc(CN(Cc2ccc(C(C)(C)C)cc2)C(C)C)o1. The number of nitrogens with one attached hydrogen (secondary N) is 1. The Morgan fingerprint density at radius 3 is 2.18 bits per heavy atom. The van der Waals surface area contributed by atoms with E-state index in [4.69, 9.17) is 4.42 Å². The van der Waals surface area contributed by atoms with Gasteiger partial charge in [-0.2, -0.15) is 0 Å². The van der Waals surface area contributed by atoms with Gasteiger partial charge in [0.15, 0.2) is 5.76 Å². The lowest BCUT2D eigenvalue weighted by Crippen LogP contribution is -2.33. The minimum absolute atomic E-state index is 0.125. The van der Waals surface area contributed by atoms with E-state index in [-0.39, 0.29) is 17.4 Å². The van der Waals surface area contributed by atoms with Crippen molar-refractivity contribution in [3.63, 3.8) is 0 Å². The van der Waals surface area contributed by atoms with Crippen molar-refractivity contribution < 1.29 is 9.21 Å². The number of carbonyl (C=O) groups excluding carboxylic acids is 1. The van der Waals surface area contributed by atoms with Gasteiger partial charge in [-0.1, -0.05) is 58.9 Å². The van der Waals surface area contributed by atoms with Gasteiger partial charge in [-0.05, 0) is 81.9 Å². The highest BCUT2D eigenvalue weighted by Gasteiger charge is 2.18. The van der Waals surface area contributed by atoms with Crippen LogP contribution in [0.4, 0.5) is 0 Å². The van der Waals surface area contributed by atoms with Gasteiger partial charge in [0.2, 0.25) is 0 Å². The zero-order valence-corrected chi connectivity index (χ0v) is 22.8. The molecule has 0 radical (unpaired) electrons. The maximum atomic E-state index is 12.7. The molecule has 1 aromatic carbocycles. The third kappa shape index (κ3) is 8.92. The standard InChI is InChI=1S/C29H47N3O2/c1-9-31(10-2)19-11-12-23(5)30-28(33)27-18-17-26(34-27)21-32(22(3)4)20-24-13-15-25(16-14-24)29(6,7)8/h13-18,22-23H,9-12,19-21H2,1-8H3,(H,30,33). The van der Waals surface area contributed by atoms with E-state index in [0.717, 1.165) is 44.8 Å². The molecule has 5 heteroatoms. The van der Waals surface area contributed by atoms with Crippen molar-refractivity contribution in [3.05, 3.63) is 59.0 Å². The number of nitrogens with zero attached hydrogens (tertiary/aromatic N) is 2. The molecular formula is C29H47N3O2. The van der Waals surface area contributed by atoms with Gasteiger partial charge < -0.3 is 14.6 Å². The Balaban J connectivity index is 1.91. The van der Waals surface area contributed by atoms with Crippen molar-refractivity contribution >= 4 is 5.91 Å². The van der Waals surface area contributed by atoms with Crippen LogP contribution in [0.3, 0.4) is 0 Å². The lowest BCUT2D eigenvalue weighted by atomic mass is 9.87. The molecule has 190 valence electrons. The van der Waals surface area contributed by atoms with Crippen LogP contribution < -0.4 is 5.32 Å². The van der Waals surface area contributed by atoms with Gasteiger partial charge in [-0.15, -0.1) is 0 Å². The maximum absolute atomic E-state index is 12.7. The molecule has 0 spiro atoms. The molecule has 1 amide bonds. The summed E-state index contributed by atoms with van der Waals surface area (Å²) >= 11 is 0. The van der Waals surface area contributed by atoms with Crippen LogP contribution in [-0.4, -0.2) is 47.4 Å². The van der Waals surface area contributed by atoms with Crippen LogP contribution in [0.1, 0.15) is 95.7 Å². The van der Waals surface area contributed by atoms with Crippen LogP contribution in [-0.2, 0) is 18.5 Å². The average Bonchev–Trinajstić information content (AvgIpc) is 3.25. The lowest BCUT2D eigenvalue weighted by Gasteiger charge is -2.26. The third-order valence-corrected chi connectivity index (χ3v) is 6.56. The zero-order chi connectivity index (χ0) is 25.3.